The van der Waals surface area contributed by atoms with Crippen LogP contribution in [0.5, 0.6) is 0 Å². The Hall–Kier alpha value is -1.81. The molecule has 316 valence electrons. The van der Waals surface area contributed by atoms with Gasteiger partial charge in [-0.3, -0.25) is 14.1 Å². The van der Waals surface area contributed by atoms with Gasteiger partial charge < -0.3 is 29.5 Å². The van der Waals surface area contributed by atoms with Crippen LogP contribution in [0.3, 0.4) is 0 Å². The van der Waals surface area contributed by atoms with E-state index in [4.69, 9.17) is 19.3 Å². The number of aliphatic hydroxyl groups excluding tert-OH is 2. The van der Waals surface area contributed by atoms with E-state index in [2.05, 4.69) is 42.7 Å². The van der Waals surface area contributed by atoms with Gasteiger partial charge in [-0.1, -0.05) is 166 Å². The number of carbonyl (C=O) groups excluding carboxylic acids is 2. The average molecular weight is 787 g/mol. The molecule has 11 heteroatoms. The number of phosphoric ester groups is 1. The quantitative estimate of drug-likeness (QED) is 0.0204. The van der Waals surface area contributed by atoms with Gasteiger partial charge in [-0.05, 0) is 51.4 Å². The second-order valence-electron chi connectivity index (χ2n) is 14.6. The highest BCUT2D eigenvalue weighted by molar-refractivity contribution is 7.46. The minimum Gasteiger partial charge on any atom is -0.462 e. The molecule has 0 aliphatic rings. The Kier molecular flexibility index (Phi) is 36.8. The first-order valence-corrected chi connectivity index (χ1v) is 23.0. The summed E-state index contributed by atoms with van der Waals surface area (Å²) >= 11 is 0. The number of allylic oxidation sites excluding steroid dienone is 5. The fraction of sp³-hybridized carbons (Fsp3) is 0.814. The standard InChI is InChI=1S/C43H79O10P/c1-3-5-7-9-11-13-15-17-18-19-20-21-23-25-27-29-31-35-43(47)53-39(38-52-54(48,49)50)37-51-42(46)36-32-34-41(45)40(44)33-30-28-26-24-22-16-14-12-10-8-6-4-2/h12,14,22,24,28,30,39-41,44-45H,3-11,13,15-21,23,25-27,29,31-38H2,1-2H3,(H2,48,49,50)/b14-12-,24-22-,30-28-/t39-,40?,41?/m1/s1. The summed E-state index contributed by atoms with van der Waals surface area (Å²) in [6.45, 7) is 3.42. The van der Waals surface area contributed by atoms with Gasteiger partial charge in [0, 0.05) is 12.8 Å². The Labute approximate surface area is 328 Å². The first kappa shape index (κ1) is 52.2. The number of rotatable bonds is 39. The van der Waals surface area contributed by atoms with Gasteiger partial charge in [0.05, 0.1) is 18.8 Å². The maximum atomic E-state index is 12.4. The molecule has 10 nitrogen and oxygen atoms in total. The summed E-state index contributed by atoms with van der Waals surface area (Å²) < 4.78 is 26.2. The van der Waals surface area contributed by atoms with Crippen LogP contribution in [-0.4, -0.2) is 63.5 Å². The van der Waals surface area contributed by atoms with E-state index >= 15 is 0 Å². The fourth-order valence-electron chi connectivity index (χ4n) is 6.01. The van der Waals surface area contributed by atoms with Crippen LogP contribution in [-0.2, 0) is 28.2 Å². The van der Waals surface area contributed by atoms with Gasteiger partial charge in [0.2, 0.25) is 0 Å². The molecule has 0 aliphatic carbocycles. The van der Waals surface area contributed by atoms with Crippen LogP contribution in [0, 0.1) is 0 Å². The molecule has 0 amide bonds. The van der Waals surface area contributed by atoms with Crippen molar-refractivity contribution in [1.29, 1.82) is 0 Å². The summed E-state index contributed by atoms with van der Waals surface area (Å²) in [4.78, 5) is 42.9. The van der Waals surface area contributed by atoms with E-state index in [-0.39, 0.29) is 25.7 Å². The molecule has 0 radical (unpaired) electrons. The molecule has 0 aromatic heterocycles. The summed E-state index contributed by atoms with van der Waals surface area (Å²) in [6, 6.07) is 0. The second-order valence-corrected chi connectivity index (χ2v) is 15.9. The zero-order valence-corrected chi connectivity index (χ0v) is 35.0. The number of aliphatic hydroxyl groups is 2. The second kappa shape index (κ2) is 38.1. The number of phosphoric acid groups is 1. The van der Waals surface area contributed by atoms with E-state index in [1.807, 2.05) is 12.2 Å². The first-order valence-electron chi connectivity index (χ1n) is 21.4. The third-order valence-electron chi connectivity index (χ3n) is 9.36. The highest BCUT2D eigenvalue weighted by atomic mass is 31.2. The molecule has 2 unspecified atom stereocenters. The minimum absolute atomic E-state index is 0.0449. The summed E-state index contributed by atoms with van der Waals surface area (Å²) in [5.74, 6) is -1.16. The van der Waals surface area contributed by atoms with Gasteiger partial charge >= 0.3 is 19.8 Å². The van der Waals surface area contributed by atoms with Crippen molar-refractivity contribution in [3.63, 3.8) is 0 Å². The molecule has 3 atom stereocenters. The molecular formula is C43H79O10P. The zero-order chi connectivity index (χ0) is 40.0. The fourth-order valence-corrected chi connectivity index (χ4v) is 6.37. The lowest BCUT2D eigenvalue weighted by molar-refractivity contribution is -0.161. The van der Waals surface area contributed by atoms with E-state index in [0.29, 0.717) is 12.8 Å². The number of ether oxygens (including phenoxy) is 2. The van der Waals surface area contributed by atoms with Crippen molar-refractivity contribution < 1.29 is 48.2 Å². The molecular weight excluding hydrogens is 707 g/mol. The van der Waals surface area contributed by atoms with Crippen LogP contribution < -0.4 is 0 Å². The van der Waals surface area contributed by atoms with Crippen LogP contribution >= 0.6 is 7.82 Å². The molecule has 0 saturated carbocycles. The highest BCUT2D eigenvalue weighted by Gasteiger charge is 2.23. The zero-order valence-electron chi connectivity index (χ0n) is 34.1. The van der Waals surface area contributed by atoms with Gasteiger partial charge in [0.1, 0.15) is 6.61 Å². The summed E-state index contributed by atoms with van der Waals surface area (Å²) in [6.07, 6.45) is 37.5. The largest absolute Gasteiger partial charge is 0.469 e. The SMILES string of the molecule is CCCCC/C=C\C/C=C\C/C=C\CC(O)C(O)CCCC(=O)OC[C@H](COP(=O)(O)O)OC(=O)CCCCCCCCCCCCCCCCCCC. The van der Waals surface area contributed by atoms with Crippen molar-refractivity contribution in [2.45, 2.75) is 212 Å². The number of hydrogen-bond acceptors (Lipinski definition) is 8. The average Bonchev–Trinajstić information content (AvgIpc) is 3.13. The molecule has 0 aromatic carbocycles. The van der Waals surface area contributed by atoms with E-state index in [9.17, 15) is 24.4 Å². The molecule has 0 fully saturated rings. The van der Waals surface area contributed by atoms with Crippen molar-refractivity contribution in [2.75, 3.05) is 13.2 Å². The summed E-state index contributed by atoms with van der Waals surface area (Å²) in [7, 11) is -4.82. The van der Waals surface area contributed by atoms with E-state index in [1.54, 1.807) is 0 Å². The van der Waals surface area contributed by atoms with Crippen molar-refractivity contribution >= 4 is 19.8 Å². The maximum Gasteiger partial charge on any atom is 0.469 e. The van der Waals surface area contributed by atoms with Crippen molar-refractivity contribution in [3.8, 4) is 0 Å². The first-order chi connectivity index (χ1) is 26.1. The van der Waals surface area contributed by atoms with E-state index in [1.165, 1.54) is 103 Å². The van der Waals surface area contributed by atoms with Crippen LogP contribution in [0.15, 0.2) is 36.5 Å². The molecule has 54 heavy (non-hydrogen) atoms. The minimum atomic E-state index is -4.82. The Morgan fingerprint density at radius 2 is 1.02 bits per heavy atom. The molecule has 0 bridgehead atoms. The van der Waals surface area contributed by atoms with Crippen LogP contribution in [0.4, 0.5) is 0 Å². The molecule has 0 aliphatic heterocycles. The highest BCUT2D eigenvalue weighted by Crippen LogP contribution is 2.36. The molecule has 0 spiro atoms. The van der Waals surface area contributed by atoms with E-state index in [0.717, 1.165) is 38.5 Å². The Morgan fingerprint density at radius 3 is 1.56 bits per heavy atom. The molecule has 0 heterocycles. The maximum absolute atomic E-state index is 12.4. The van der Waals surface area contributed by atoms with Crippen LogP contribution in [0.1, 0.15) is 194 Å². The number of esters is 2. The monoisotopic (exact) mass is 787 g/mol. The van der Waals surface area contributed by atoms with Crippen molar-refractivity contribution in [1.82, 2.24) is 0 Å². The number of unbranched alkanes of at least 4 members (excludes halogenated alkanes) is 19. The lowest BCUT2D eigenvalue weighted by Crippen LogP contribution is -2.29. The number of carbonyl (C=O) groups is 2. The number of hydrogen-bond donors (Lipinski definition) is 4. The summed E-state index contributed by atoms with van der Waals surface area (Å²) in [5, 5.41) is 20.5. The Balaban J connectivity index is 4.13. The lowest BCUT2D eigenvalue weighted by Gasteiger charge is -2.19. The molecule has 0 saturated heterocycles. The van der Waals surface area contributed by atoms with Crippen LogP contribution in [0.2, 0.25) is 0 Å². The van der Waals surface area contributed by atoms with Crippen LogP contribution in [0.25, 0.3) is 0 Å². The normalized spacial score (nSPS) is 14.0. The third kappa shape index (κ3) is 38.5. The smallest absolute Gasteiger partial charge is 0.462 e. The third-order valence-corrected chi connectivity index (χ3v) is 9.85. The molecule has 0 rings (SSSR count). The topological polar surface area (TPSA) is 160 Å². The van der Waals surface area contributed by atoms with Gasteiger partial charge in [-0.15, -0.1) is 0 Å². The van der Waals surface area contributed by atoms with Gasteiger partial charge in [0.15, 0.2) is 6.10 Å². The van der Waals surface area contributed by atoms with Gasteiger partial charge in [-0.25, -0.2) is 4.57 Å². The Bertz CT molecular complexity index is 1010. The van der Waals surface area contributed by atoms with E-state index < -0.39 is 51.3 Å². The van der Waals surface area contributed by atoms with Gasteiger partial charge in [-0.2, -0.15) is 0 Å². The lowest BCUT2D eigenvalue weighted by atomic mass is 10.0. The molecule has 4 N–H and O–H groups in total. The predicted octanol–water partition coefficient (Wildman–Crippen LogP) is 10.9. The predicted molar refractivity (Wildman–Crippen MR) is 219 cm³/mol. The molecule has 0 aromatic rings. The van der Waals surface area contributed by atoms with Crippen molar-refractivity contribution in [2.24, 2.45) is 0 Å². The Morgan fingerprint density at radius 1 is 0.556 bits per heavy atom. The van der Waals surface area contributed by atoms with Gasteiger partial charge in [0.25, 0.3) is 0 Å². The summed E-state index contributed by atoms with van der Waals surface area (Å²) in [5.41, 5.74) is 0. The van der Waals surface area contributed by atoms with Crippen molar-refractivity contribution in [3.05, 3.63) is 36.5 Å².